The summed E-state index contributed by atoms with van der Waals surface area (Å²) in [5, 5.41) is 9.26. The summed E-state index contributed by atoms with van der Waals surface area (Å²) >= 11 is 1.76. The van der Waals surface area contributed by atoms with Gasteiger partial charge in [-0.1, -0.05) is 12.1 Å². The standard InChI is InChI=1S/C16H19N3S/c1-11-8-9-15(20-11)16(12(2)18)19(3)14-7-5-4-6-13(14)10-17/h4-9,12,16H,18H2,1-3H3. The molecular weight excluding hydrogens is 266 g/mol. The van der Waals surface area contributed by atoms with Crippen LogP contribution in [0.1, 0.15) is 28.3 Å². The minimum absolute atomic E-state index is 0.0233. The van der Waals surface area contributed by atoms with Gasteiger partial charge in [0.2, 0.25) is 0 Å². The SMILES string of the molecule is Cc1ccc(C(C(C)N)N(C)c2ccccc2C#N)s1. The summed E-state index contributed by atoms with van der Waals surface area (Å²) in [7, 11) is 2.00. The van der Waals surface area contributed by atoms with Gasteiger partial charge in [-0.3, -0.25) is 0 Å². The molecule has 0 aliphatic carbocycles. The van der Waals surface area contributed by atoms with Crippen LogP contribution in [-0.2, 0) is 0 Å². The van der Waals surface area contributed by atoms with Gasteiger partial charge in [-0.15, -0.1) is 11.3 Å². The van der Waals surface area contributed by atoms with Crippen LogP contribution in [0, 0.1) is 18.3 Å². The molecule has 0 fully saturated rings. The van der Waals surface area contributed by atoms with Crippen molar-refractivity contribution in [2.75, 3.05) is 11.9 Å². The first-order chi connectivity index (χ1) is 9.54. The molecule has 0 radical (unpaired) electrons. The van der Waals surface area contributed by atoms with E-state index in [2.05, 4.69) is 30.0 Å². The van der Waals surface area contributed by atoms with Crippen LogP contribution < -0.4 is 10.6 Å². The first kappa shape index (κ1) is 14.6. The molecule has 2 aromatic rings. The summed E-state index contributed by atoms with van der Waals surface area (Å²) in [6, 6.07) is 14.2. The normalized spacial score (nSPS) is 13.6. The molecule has 0 saturated heterocycles. The lowest BCUT2D eigenvalue weighted by Crippen LogP contribution is -2.37. The zero-order valence-electron chi connectivity index (χ0n) is 12.0. The molecule has 2 rings (SSSR count). The fourth-order valence-electron chi connectivity index (χ4n) is 2.44. The Kier molecular flexibility index (Phi) is 4.43. The number of nitriles is 1. The molecule has 0 bridgehead atoms. The van der Waals surface area contributed by atoms with Gasteiger partial charge in [0.15, 0.2) is 0 Å². The Morgan fingerprint density at radius 1 is 1.25 bits per heavy atom. The zero-order valence-corrected chi connectivity index (χ0v) is 12.8. The molecule has 3 nitrogen and oxygen atoms in total. The number of hydrogen-bond acceptors (Lipinski definition) is 4. The minimum atomic E-state index is -0.0233. The van der Waals surface area contributed by atoms with E-state index in [1.165, 1.54) is 9.75 Å². The molecule has 1 aromatic heterocycles. The first-order valence-corrected chi connectivity index (χ1v) is 7.40. The highest BCUT2D eigenvalue weighted by atomic mass is 32.1. The van der Waals surface area contributed by atoms with E-state index in [4.69, 9.17) is 5.73 Å². The Morgan fingerprint density at radius 2 is 1.95 bits per heavy atom. The Hall–Kier alpha value is -1.83. The molecule has 2 atom stereocenters. The number of nitrogens with two attached hydrogens (primary N) is 1. The van der Waals surface area contributed by atoms with Gasteiger partial charge in [-0.2, -0.15) is 5.26 Å². The average molecular weight is 285 g/mol. The summed E-state index contributed by atoms with van der Waals surface area (Å²) in [6.45, 7) is 4.10. The Balaban J connectivity index is 2.42. The van der Waals surface area contributed by atoms with E-state index in [9.17, 15) is 5.26 Å². The third-order valence-electron chi connectivity index (χ3n) is 3.37. The summed E-state index contributed by atoms with van der Waals surface area (Å²) in [5.41, 5.74) is 7.78. The van der Waals surface area contributed by atoms with Crippen molar-refractivity contribution in [3.63, 3.8) is 0 Å². The number of hydrogen-bond donors (Lipinski definition) is 1. The highest BCUT2D eigenvalue weighted by molar-refractivity contribution is 7.12. The maximum atomic E-state index is 9.26. The minimum Gasteiger partial charge on any atom is -0.364 e. The van der Waals surface area contributed by atoms with Gasteiger partial charge in [0.1, 0.15) is 6.07 Å². The molecule has 0 aliphatic heterocycles. The van der Waals surface area contributed by atoms with Crippen molar-refractivity contribution in [3.8, 4) is 6.07 Å². The predicted molar refractivity (Wildman–Crippen MR) is 85.0 cm³/mol. The van der Waals surface area contributed by atoms with Gasteiger partial charge in [0.05, 0.1) is 17.3 Å². The quantitative estimate of drug-likeness (QED) is 0.936. The molecule has 20 heavy (non-hydrogen) atoms. The predicted octanol–water partition coefficient (Wildman–Crippen LogP) is 3.45. The van der Waals surface area contributed by atoms with Crippen LogP contribution in [0.15, 0.2) is 36.4 Å². The number of anilines is 1. The molecular formula is C16H19N3S. The van der Waals surface area contributed by atoms with E-state index in [0.29, 0.717) is 5.56 Å². The van der Waals surface area contributed by atoms with Crippen molar-refractivity contribution in [1.82, 2.24) is 0 Å². The largest absolute Gasteiger partial charge is 0.364 e. The van der Waals surface area contributed by atoms with Crippen LogP contribution in [0.25, 0.3) is 0 Å². The second-order valence-electron chi connectivity index (χ2n) is 4.99. The lowest BCUT2D eigenvalue weighted by Gasteiger charge is -2.32. The molecule has 1 aromatic carbocycles. The number of aryl methyl sites for hydroxylation is 1. The molecule has 0 aliphatic rings. The van der Waals surface area contributed by atoms with E-state index >= 15 is 0 Å². The number of likely N-dealkylation sites (N-methyl/N-ethyl adjacent to an activating group) is 1. The molecule has 0 spiro atoms. The number of nitrogens with zero attached hydrogens (tertiary/aromatic N) is 2. The highest BCUT2D eigenvalue weighted by Crippen LogP contribution is 2.33. The van der Waals surface area contributed by atoms with Crippen molar-refractivity contribution in [2.45, 2.75) is 25.9 Å². The zero-order chi connectivity index (χ0) is 14.7. The van der Waals surface area contributed by atoms with Crippen LogP contribution in [0.4, 0.5) is 5.69 Å². The molecule has 2 unspecified atom stereocenters. The maximum absolute atomic E-state index is 9.26. The lowest BCUT2D eigenvalue weighted by atomic mass is 10.1. The summed E-state index contributed by atoms with van der Waals surface area (Å²) < 4.78 is 0. The smallest absolute Gasteiger partial charge is 0.101 e. The van der Waals surface area contributed by atoms with E-state index < -0.39 is 0 Å². The highest BCUT2D eigenvalue weighted by Gasteiger charge is 2.24. The Labute approximate surface area is 124 Å². The van der Waals surface area contributed by atoms with Crippen LogP contribution >= 0.6 is 11.3 Å². The van der Waals surface area contributed by atoms with E-state index in [1.54, 1.807) is 11.3 Å². The van der Waals surface area contributed by atoms with Gasteiger partial charge < -0.3 is 10.6 Å². The summed E-state index contributed by atoms with van der Waals surface area (Å²) in [5.74, 6) is 0. The van der Waals surface area contributed by atoms with Gasteiger partial charge >= 0.3 is 0 Å². The molecule has 104 valence electrons. The monoisotopic (exact) mass is 285 g/mol. The van der Waals surface area contributed by atoms with Crippen molar-refractivity contribution in [2.24, 2.45) is 5.73 Å². The van der Waals surface area contributed by atoms with Crippen LogP contribution in [0.2, 0.25) is 0 Å². The van der Waals surface area contributed by atoms with Gasteiger partial charge in [-0.25, -0.2) is 0 Å². The third kappa shape index (κ3) is 2.84. The lowest BCUT2D eigenvalue weighted by molar-refractivity contribution is 0.566. The number of para-hydroxylation sites is 1. The number of benzene rings is 1. The van der Waals surface area contributed by atoms with Crippen molar-refractivity contribution in [1.29, 1.82) is 5.26 Å². The van der Waals surface area contributed by atoms with E-state index in [-0.39, 0.29) is 12.1 Å². The summed E-state index contributed by atoms with van der Waals surface area (Å²) in [4.78, 5) is 4.61. The topological polar surface area (TPSA) is 53.0 Å². The fourth-order valence-corrected chi connectivity index (χ4v) is 3.58. The van der Waals surface area contributed by atoms with Gasteiger partial charge in [-0.05, 0) is 38.1 Å². The molecule has 0 saturated carbocycles. The third-order valence-corrected chi connectivity index (χ3v) is 4.44. The van der Waals surface area contributed by atoms with Crippen LogP contribution in [0.5, 0.6) is 0 Å². The fraction of sp³-hybridized carbons (Fsp3) is 0.312. The Bertz CT molecular complexity index is 625. The van der Waals surface area contributed by atoms with Gasteiger partial charge in [0.25, 0.3) is 0 Å². The van der Waals surface area contributed by atoms with Crippen molar-refractivity contribution < 1.29 is 0 Å². The molecule has 4 heteroatoms. The summed E-state index contributed by atoms with van der Waals surface area (Å²) in [6.07, 6.45) is 0. The molecule has 0 amide bonds. The van der Waals surface area contributed by atoms with Crippen LogP contribution in [0.3, 0.4) is 0 Å². The number of rotatable bonds is 4. The number of thiophene rings is 1. The average Bonchev–Trinajstić information content (AvgIpc) is 2.84. The van der Waals surface area contributed by atoms with Gasteiger partial charge in [0, 0.05) is 22.8 Å². The van der Waals surface area contributed by atoms with E-state index in [0.717, 1.165) is 5.69 Å². The van der Waals surface area contributed by atoms with Crippen molar-refractivity contribution >= 4 is 17.0 Å². The van der Waals surface area contributed by atoms with Crippen LogP contribution in [-0.4, -0.2) is 13.1 Å². The maximum Gasteiger partial charge on any atom is 0.101 e. The molecule has 2 N–H and O–H groups in total. The first-order valence-electron chi connectivity index (χ1n) is 6.58. The van der Waals surface area contributed by atoms with E-state index in [1.807, 2.05) is 38.2 Å². The molecule has 1 heterocycles. The van der Waals surface area contributed by atoms with Crippen molar-refractivity contribution in [3.05, 3.63) is 51.7 Å². The second kappa shape index (κ2) is 6.08. The second-order valence-corrected chi connectivity index (χ2v) is 6.31. The Morgan fingerprint density at radius 3 is 2.50 bits per heavy atom.